The Balaban J connectivity index is 1.44. The maximum Gasteiger partial charge on any atom is 0.161 e. The molecule has 0 unspecified atom stereocenters. The van der Waals surface area contributed by atoms with Gasteiger partial charge in [0.1, 0.15) is 38.6 Å². The summed E-state index contributed by atoms with van der Waals surface area (Å²) in [5.41, 5.74) is 3.78. The smallest absolute Gasteiger partial charge is 0.161 e. The molecule has 0 fully saturated rings. The van der Waals surface area contributed by atoms with E-state index in [9.17, 15) is 0 Å². The second-order valence-electron chi connectivity index (χ2n) is 8.81. The van der Waals surface area contributed by atoms with Crippen LogP contribution in [-0.4, -0.2) is 26.4 Å². The first-order chi connectivity index (χ1) is 18.1. The van der Waals surface area contributed by atoms with Crippen molar-refractivity contribution in [3.63, 3.8) is 0 Å². The maximum atomic E-state index is 6.98. The summed E-state index contributed by atoms with van der Waals surface area (Å²) in [6.45, 7) is 2.08. The molecule has 0 aromatic heterocycles. The Hall–Kier alpha value is -3.38. The van der Waals surface area contributed by atoms with Gasteiger partial charge in [-0.15, -0.1) is 0 Å². The lowest BCUT2D eigenvalue weighted by atomic mass is 9.97. The van der Waals surface area contributed by atoms with E-state index < -0.39 is 12.2 Å². The number of fused-ring (bicyclic) bond motifs is 2. The molecule has 4 aromatic rings. The van der Waals surface area contributed by atoms with Gasteiger partial charge in [0.25, 0.3) is 0 Å². The molecule has 0 bridgehead atoms. The van der Waals surface area contributed by atoms with E-state index in [1.54, 1.807) is 0 Å². The summed E-state index contributed by atoms with van der Waals surface area (Å²) in [4.78, 5) is 0. The first-order valence-electron chi connectivity index (χ1n) is 12.1. The predicted octanol–water partition coefficient (Wildman–Crippen LogP) is 7.43. The molecular weight excluding hydrogens is 511 g/mol. The lowest BCUT2D eigenvalue weighted by Crippen LogP contribution is -2.18. The van der Waals surface area contributed by atoms with Crippen molar-refractivity contribution in [2.24, 2.45) is 0 Å². The highest BCUT2D eigenvalue weighted by atomic mass is 35.5. The lowest BCUT2D eigenvalue weighted by Gasteiger charge is -2.29. The highest BCUT2D eigenvalue weighted by molar-refractivity contribution is 6.30. The van der Waals surface area contributed by atoms with Crippen molar-refractivity contribution < 1.29 is 23.7 Å². The summed E-state index contributed by atoms with van der Waals surface area (Å²) in [6.07, 6.45) is -0.857. The standard InChI is InChI=1S/C30H24Cl2O5/c31-23-7-1-19(2-8-23)29(21-5-11-25-27(17-21)35-15-13-33-25)37-30(20-3-9-24(32)10-4-20)22-6-12-26-28(18-22)36-16-14-34-26/h1-12,17-18,29-30H,13-16H2/t29-,30+. The molecule has 0 spiro atoms. The first kappa shape index (κ1) is 24.0. The highest BCUT2D eigenvalue weighted by Crippen LogP contribution is 2.42. The zero-order chi connectivity index (χ0) is 25.2. The Morgan fingerprint density at radius 3 is 1.22 bits per heavy atom. The highest BCUT2D eigenvalue weighted by Gasteiger charge is 2.26. The van der Waals surface area contributed by atoms with Crippen LogP contribution in [0.15, 0.2) is 84.9 Å². The van der Waals surface area contributed by atoms with Gasteiger partial charge >= 0.3 is 0 Å². The molecule has 0 aliphatic carbocycles. The second-order valence-corrected chi connectivity index (χ2v) is 9.68. The number of hydrogen-bond acceptors (Lipinski definition) is 5. The fourth-order valence-electron chi connectivity index (χ4n) is 4.56. The Morgan fingerprint density at radius 2 is 0.811 bits per heavy atom. The van der Waals surface area contributed by atoms with E-state index in [2.05, 4.69) is 0 Å². The van der Waals surface area contributed by atoms with E-state index in [1.807, 2.05) is 84.9 Å². The number of benzene rings is 4. The number of halogens is 2. The maximum absolute atomic E-state index is 6.98. The molecule has 0 amide bonds. The van der Waals surface area contributed by atoms with E-state index in [4.69, 9.17) is 46.9 Å². The van der Waals surface area contributed by atoms with Crippen molar-refractivity contribution in [1.29, 1.82) is 0 Å². The Morgan fingerprint density at radius 1 is 0.459 bits per heavy atom. The van der Waals surface area contributed by atoms with Crippen molar-refractivity contribution >= 4 is 23.2 Å². The van der Waals surface area contributed by atoms with Crippen LogP contribution < -0.4 is 18.9 Å². The molecule has 7 heteroatoms. The van der Waals surface area contributed by atoms with Gasteiger partial charge in [0.2, 0.25) is 0 Å². The number of rotatable bonds is 6. The molecule has 0 saturated carbocycles. The van der Waals surface area contributed by atoms with Crippen LogP contribution in [0.25, 0.3) is 0 Å². The first-order valence-corrected chi connectivity index (χ1v) is 12.8. The van der Waals surface area contributed by atoms with Gasteiger partial charge in [-0.2, -0.15) is 0 Å². The van der Waals surface area contributed by atoms with E-state index in [0.717, 1.165) is 33.8 Å². The summed E-state index contributed by atoms with van der Waals surface area (Å²) in [5.74, 6) is 2.86. The molecule has 188 valence electrons. The topological polar surface area (TPSA) is 46.2 Å². The fourth-order valence-corrected chi connectivity index (χ4v) is 4.81. The molecule has 0 N–H and O–H groups in total. The van der Waals surface area contributed by atoms with Crippen LogP contribution >= 0.6 is 23.2 Å². The van der Waals surface area contributed by atoms with Crippen LogP contribution in [0.4, 0.5) is 0 Å². The van der Waals surface area contributed by atoms with Crippen LogP contribution in [0.1, 0.15) is 34.5 Å². The Bertz CT molecular complexity index is 1280. The normalized spacial score (nSPS) is 15.6. The molecule has 37 heavy (non-hydrogen) atoms. The van der Waals surface area contributed by atoms with Crippen LogP contribution in [0.3, 0.4) is 0 Å². The van der Waals surface area contributed by atoms with E-state index in [0.29, 0.717) is 48.0 Å². The molecule has 5 nitrogen and oxygen atoms in total. The Kier molecular flexibility index (Phi) is 6.83. The molecule has 2 aliphatic heterocycles. The van der Waals surface area contributed by atoms with E-state index in [-0.39, 0.29) is 0 Å². The third kappa shape index (κ3) is 5.21. The molecule has 0 radical (unpaired) electrons. The van der Waals surface area contributed by atoms with Gasteiger partial charge in [-0.25, -0.2) is 0 Å². The van der Waals surface area contributed by atoms with E-state index >= 15 is 0 Å². The van der Waals surface area contributed by atoms with E-state index in [1.165, 1.54) is 0 Å². The van der Waals surface area contributed by atoms with Gasteiger partial charge < -0.3 is 23.7 Å². The number of ether oxygens (including phenoxy) is 5. The molecule has 6 rings (SSSR count). The zero-order valence-corrected chi connectivity index (χ0v) is 21.4. The monoisotopic (exact) mass is 534 g/mol. The molecule has 4 aromatic carbocycles. The summed E-state index contributed by atoms with van der Waals surface area (Å²) >= 11 is 12.4. The van der Waals surface area contributed by atoms with Crippen LogP contribution in [-0.2, 0) is 4.74 Å². The second kappa shape index (κ2) is 10.5. The van der Waals surface area contributed by atoms with Crippen LogP contribution in [0.2, 0.25) is 10.0 Å². The van der Waals surface area contributed by atoms with Crippen LogP contribution in [0, 0.1) is 0 Å². The predicted molar refractivity (Wildman–Crippen MR) is 143 cm³/mol. The Labute approximate surface area is 225 Å². The minimum Gasteiger partial charge on any atom is -0.486 e. The van der Waals surface area contributed by atoms with Crippen molar-refractivity contribution in [2.45, 2.75) is 12.2 Å². The van der Waals surface area contributed by atoms with Gasteiger partial charge in [-0.1, -0.05) is 59.6 Å². The molecule has 2 atom stereocenters. The minimum atomic E-state index is -0.429. The fraction of sp³-hybridized carbons (Fsp3) is 0.200. The summed E-state index contributed by atoms with van der Waals surface area (Å²) in [6, 6.07) is 27.2. The van der Waals surface area contributed by atoms with Gasteiger partial charge in [-0.3, -0.25) is 0 Å². The largest absolute Gasteiger partial charge is 0.486 e. The van der Waals surface area contributed by atoms with Crippen molar-refractivity contribution in [2.75, 3.05) is 26.4 Å². The summed E-state index contributed by atoms with van der Waals surface area (Å²) in [7, 11) is 0. The third-order valence-corrected chi connectivity index (χ3v) is 6.86. The molecule has 2 aliphatic rings. The average Bonchev–Trinajstić information content (AvgIpc) is 2.94. The van der Waals surface area contributed by atoms with Gasteiger partial charge in [0.15, 0.2) is 23.0 Å². The van der Waals surface area contributed by atoms with Crippen molar-refractivity contribution in [3.05, 3.63) is 117 Å². The van der Waals surface area contributed by atoms with Gasteiger partial charge in [0.05, 0.1) is 0 Å². The van der Waals surface area contributed by atoms with Crippen LogP contribution in [0.5, 0.6) is 23.0 Å². The van der Waals surface area contributed by atoms with Crippen molar-refractivity contribution in [1.82, 2.24) is 0 Å². The average molecular weight is 535 g/mol. The van der Waals surface area contributed by atoms with Gasteiger partial charge in [0, 0.05) is 10.0 Å². The molecule has 0 saturated heterocycles. The lowest BCUT2D eigenvalue weighted by molar-refractivity contribution is 0.0302. The number of hydrogen-bond donors (Lipinski definition) is 0. The van der Waals surface area contributed by atoms with Gasteiger partial charge in [-0.05, 0) is 70.8 Å². The zero-order valence-electron chi connectivity index (χ0n) is 19.9. The SMILES string of the molecule is Clc1ccc([C@@H](O[C@@H](c2ccc(Cl)cc2)c2ccc3c(c2)OCCO3)c2ccc3c(c2)OCCO3)cc1. The summed E-state index contributed by atoms with van der Waals surface area (Å²) in [5, 5.41) is 1.32. The third-order valence-electron chi connectivity index (χ3n) is 6.36. The quantitative estimate of drug-likeness (QED) is 0.257. The minimum absolute atomic E-state index is 0.429. The van der Waals surface area contributed by atoms with Crippen molar-refractivity contribution in [3.8, 4) is 23.0 Å². The molecular formula is C30H24Cl2O5. The molecule has 2 heterocycles. The summed E-state index contributed by atoms with van der Waals surface area (Å²) < 4.78 is 30.2.